The molecule has 0 radical (unpaired) electrons. The van der Waals surface area contributed by atoms with Gasteiger partial charge in [-0.2, -0.15) is 0 Å². The van der Waals surface area contributed by atoms with E-state index in [0.717, 1.165) is 17.7 Å². The highest BCUT2D eigenvalue weighted by Gasteiger charge is 2.65. The van der Waals surface area contributed by atoms with Crippen molar-refractivity contribution in [3.63, 3.8) is 0 Å². The molecule has 2 atom stereocenters. The second-order valence-corrected chi connectivity index (χ2v) is 8.54. The Balaban J connectivity index is 1.35. The zero-order valence-corrected chi connectivity index (χ0v) is 17.4. The molecule has 4 rings (SSSR count). The number of ether oxygens (including phenoxy) is 2. The average Bonchev–Trinajstić information content (AvgIpc) is 3.03. The lowest BCUT2D eigenvalue weighted by atomic mass is 10.0. The van der Waals surface area contributed by atoms with E-state index < -0.39 is 0 Å². The Morgan fingerprint density at radius 1 is 1.07 bits per heavy atom. The quantitative estimate of drug-likeness (QED) is 0.548. The van der Waals surface area contributed by atoms with Gasteiger partial charge in [0.05, 0.1) is 5.69 Å². The van der Waals surface area contributed by atoms with E-state index >= 15 is 0 Å². The molecule has 3 aromatic rings. The molecule has 0 saturated heterocycles. The third-order valence-electron chi connectivity index (χ3n) is 5.86. The SMILES string of the molecule is Cc1ccc(Cc2cc[nH]c2COC(=O)C2C(Oc3ccc(F)cc3)C2(C)C)cc1. The molecule has 1 aromatic heterocycles. The van der Waals surface area contributed by atoms with E-state index in [2.05, 4.69) is 36.2 Å². The Morgan fingerprint density at radius 2 is 1.77 bits per heavy atom. The van der Waals surface area contributed by atoms with Gasteiger partial charge in [0.2, 0.25) is 0 Å². The number of aromatic nitrogens is 1. The van der Waals surface area contributed by atoms with Gasteiger partial charge in [0.25, 0.3) is 0 Å². The Hall–Kier alpha value is -3.08. The second-order valence-electron chi connectivity index (χ2n) is 8.54. The first-order chi connectivity index (χ1) is 14.3. The number of nitrogens with one attached hydrogen (secondary N) is 1. The summed E-state index contributed by atoms with van der Waals surface area (Å²) >= 11 is 0. The predicted octanol–water partition coefficient (Wildman–Crippen LogP) is 5.20. The molecule has 2 unspecified atom stereocenters. The topological polar surface area (TPSA) is 51.3 Å². The summed E-state index contributed by atoms with van der Waals surface area (Å²) < 4.78 is 24.6. The smallest absolute Gasteiger partial charge is 0.313 e. The first kappa shape index (κ1) is 20.2. The van der Waals surface area contributed by atoms with Crippen molar-refractivity contribution in [3.8, 4) is 5.75 Å². The summed E-state index contributed by atoms with van der Waals surface area (Å²) in [5, 5.41) is 0. The van der Waals surface area contributed by atoms with Crippen LogP contribution in [0, 0.1) is 24.1 Å². The van der Waals surface area contributed by atoms with Gasteiger partial charge >= 0.3 is 5.97 Å². The molecule has 0 bridgehead atoms. The number of rotatable bonds is 7. The number of aryl methyl sites for hydroxylation is 1. The molecule has 30 heavy (non-hydrogen) atoms. The molecule has 0 aliphatic heterocycles. The number of carbonyl (C=O) groups is 1. The summed E-state index contributed by atoms with van der Waals surface area (Å²) in [5.74, 6) is -0.392. The maximum Gasteiger partial charge on any atom is 0.313 e. The maximum absolute atomic E-state index is 13.1. The lowest BCUT2D eigenvalue weighted by Crippen LogP contribution is -2.13. The van der Waals surface area contributed by atoms with Crippen LogP contribution in [-0.4, -0.2) is 17.1 Å². The number of benzene rings is 2. The number of H-pyrrole nitrogens is 1. The van der Waals surface area contributed by atoms with Gasteiger partial charge in [0.15, 0.2) is 0 Å². The summed E-state index contributed by atoms with van der Waals surface area (Å²) in [6.07, 6.45) is 2.36. The van der Waals surface area contributed by atoms with Gasteiger partial charge in [0.1, 0.15) is 30.2 Å². The molecule has 1 heterocycles. The van der Waals surface area contributed by atoms with E-state index in [0.29, 0.717) is 5.75 Å². The summed E-state index contributed by atoms with van der Waals surface area (Å²) in [5.41, 5.74) is 4.13. The van der Waals surface area contributed by atoms with Gasteiger partial charge in [-0.05, 0) is 54.8 Å². The van der Waals surface area contributed by atoms with E-state index in [1.807, 2.05) is 26.1 Å². The van der Waals surface area contributed by atoms with Crippen LogP contribution in [-0.2, 0) is 22.6 Å². The number of hydrogen-bond acceptors (Lipinski definition) is 3. The zero-order chi connectivity index (χ0) is 21.3. The van der Waals surface area contributed by atoms with Crippen molar-refractivity contribution in [1.82, 2.24) is 4.98 Å². The number of esters is 1. The van der Waals surface area contributed by atoms with E-state index in [4.69, 9.17) is 9.47 Å². The monoisotopic (exact) mass is 407 g/mol. The van der Waals surface area contributed by atoms with Gasteiger partial charge in [-0.1, -0.05) is 43.7 Å². The summed E-state index contributed by atoms with van der Waals surface area (Å²) in [6, 6.07) is 16.3. The summed E-state index contributed by atoms with van der Waals surface area (Å²) in [7, 11) is 0. The van der Waals surface area contributed by atoms with Gasteiger partial charge in [-0.25, -0.2) is 4.39 Å². The van der Waals surface area contributed by atoms with E-state index in [-0.39, 0.29) is 35.8 Å². The Morgan fingerprint density at radius 3 is 2.47 bits per heavy atom. The minimum absolute atomic E-state index is 0.197. The number of halogens is 1. The third kappa shape index (κ3) is 4.25. The van der Waals surface area contributed by atoms with Crippen molar-refractivity contribution in [1.29, 1.82) is 0 Å². The molecule has 1 aliphatic rings. The largest absolute Gasteiger partial charge is 0.489 e. The average molecular weight is 407 g/mol. The molecular weight excluding hydrogens is 381 g/mol. The van der Waals surface area contributed by atoms with Gasteiger partial charge in [-0.15, -0.1) is 0 Å². The third-order valence-corrected chi connectivity index (χ3v) is 5.86. The molecule has 0 spiro atoms. The highest BCUT2D eigenvalue weighted by Crippen LogP contribution is 2.54. The summed E-state index contributed by atoms with van der Waals surface area (Å²) in [4.78, 5) is 15.9. The molecular formula is C25H26FNO3. The lowest BCUT2D eigenvalue weighted by Gasteiger charge is -2.08. The van der Waals surface area contributed by atoms with Crippen LogP contribution in [0.15, 0.2) is 60.8 Å². The van der Waals surface area contributed by atoms with Crippen molar-refractivity contribution in [2.45, 2.75) is 39.9 Å². The van der Waals surface area contributed by atoms with Crippen molar-refractivity contribution in [2.24, 2.45) is 11.3 Å². The molecule has 4 nitrogen and oxygen atoms in total. The summed E-state index contributed by atoms with van der Waals surface area (Å²) in [6.45, 7) is 6.22. The fraction of sp³-hybridized carbons (Fsp3) is 0.320. The zero-order valence-electron chi connectivity index (χ0n) is 17.4. The van der Waals surface area contributed by atoms with E-state index in [1.165, 1.54) is 23.3 Å². The molecule has 1 fully saturated rings. The Kier molecular flexibility index (Phi) is 5.37. The minimum atomic E-state index is -0.349. The number of carbonyl (C=O) groups excluding carboxylic acids is 1. The predicted molar refractivity (Wildman–Crippen MR) is 113 cm³/mol. The lowest BCUT2D eigenvalue weighted by molar-refractivity contribution is -0.148. The van der Waals surface area contributed by atoms with Crippen LogP contribution in [0.1, 0.15) is 36.2 Å². The van der Waals surface area contributed by atoms with Crippen molar-refractivity contribution >= 4 is 5.97 Å². The standard InChI is InChI=1S/C25H26FNO3/c1-16-4-6-17(7-5-16)14-18-12-13-27-21(18)15-29-24(28)22-23(25(22,2)3)30-20-10-8-19(26)9-11-20/h4-13,22-23,27H,14-15H2,1-3H3. The minimum Gasteiger partial charge on any atom is -0.489 e. The van der Waals surface area contributed by atoms with Gasteiger partial charge < -0.3 is 14.5 Å². The second kappa shape index (κ2) is 7.98. The van der Waals surface area contributed by atoms with E-state index in [9.17, 15) is 9.18 Å². The normalized spacial score (nSPS) is 19.3. The van der Waals surface area contributed by atoms with E-state index in [1.54, 1.807) is 12.1 Å². The Labute approximate surface area is 176 Å². The van der Waals surface area contributed by atoms with Crippen molar-refractivity contribution < 1.29 is 18.7 Å². The first-order valence-electron chi connectivity index (χ1n) is 10.1. The van der Waals surface area contributed by atoms with Crippen LogP contribution in [0.25, 0.3) is 0 Å². The molecule has 156 valence electrons. The molecule has 5 heteroatoms. The van der Waals surface area contributed by atoms with Gasteiger partial charge in [-0.3, -0.25) is 4.79 Å². The molecule has 2 aromatic carbocycles. The van der Waals surface area contributed by atoms with Crippen molar-refractivity contribution in [3.05, 3.63) is 89.0 Å². The van der Waals surface area contributed by atoms with Crippen LogP contribution in [0.3, 0.4) is 0 Å². The number of aromatic amines is 1. The fourth-order valence-electron chi connectivity index (χ4n) is 3.79. The Bertz CT molecular complexity index is 1020. The van der Waals surface area contributed by atoms with Crippen LogP contribution in [0.5, 0.6) is 5.75 Å². The van der Waals surface area contributed by atoms with Gasteiger partial charge in [0, 0.05) is 11.6 Å². The van der Waals surface area contributed by atoms with Crippen LogP contribution in [0.2, 0.25) is 0 Å². The number of hydrogen-bond donors (Lipinski definition) is 1. The maximum atomic E-state index is 13.1. The fourth-order valence-corrected chi connectivity index (χ4v) is 3.79. The highest BCUT2D eigenvalue weighted by atomic mass is 19.1. The molecule has 1 aliphatic carbocycles. The molecule has 0 amide bonds. The van der Waals surface area contributed by atoms with Crippen LogP contribution < -0.4 is 4.74 Å². The van der Waals surface area contributed by atoms with Crippen molar-refractivity contribution in [2.75, 3.05) is 0 Å². The van der Waals surface area contributed by atoms with Crippen LogP contribution >= 0.6 is 0 Å². The first-order valence-corrected chi connectivity index (χ1v) is 10.1. The molecule has 1 N–H and O–H groups in total. The molecule has 1 saturated carbocycles. The van der Waals surface area contributed by atoms with Crippen LogP contribution in [0.4, 0.5) is 4.39 Å². The highest BCUT2D eigenvalue weighted by molar-refractivity contribution is 5.78.